The molecule has 0 radical (unpaired) electrons. The topological polar surface area (TPSA) is 59.1 Å². The van der Waals surface area contributed by atoms with Crippen LogP contribution in [0.25, 0.3) is 10.8 Å². The third-order valence-corrected chi connectivity index (χ3v) is 2.01. The number of hydrogen-bond donors (Lipinski definition) is 2. The summed E-state index contributed by atoms with van der Waals surface area (Å²) in [5.41, 5.74) is 6.07. The highest BCUT2D eigenvalue weighted by Gasteiger charge is 2.01. The van der Waals surface area contributed by atoms with Gasteiger partial charge in [0, 0.05) is 17.8 Å². The van der Waals surface area contributed by atoms with Gasteiger partial charge in [-0.1, -0.05) is 12.1 Å². The van der Waals surface area contributed by atoms with Gasteiger partial charge in [-0.15, -0.1) is 0 Å². The molecule has 66 valence electrons. The third kappa shape index (κ3) is 1.52. The molecule has 13 heavy (non-hydrogen) atoms. The summed E-state index contributed by atoms with van der Waals surface area (Å²) in [6.07, 6.45) is 2.59. The molecule has 1 aromatic heterocycles. The number of pyridine rings is 1. The van der Waals surface area contributed by atoms with E-state index in [1.807, 2.05) is 18.2 Å². The number of hydrogen-bond acceptors (Lipinski definition) is 3. The Balaban J connectivity index is 2.62. The molecule has 0 bridgehead atoms. The summed E-state index contributed by atoms with van der Waals surface area (Å²) in [6, 6.07) is 7.45. The summed E-state index contributed by atoms with van der Waals surface area (Å²) in [5.74, 6) is 0. The standard InChI is InChI=1S/C10H10N2O/c11-10(13)8-1-2-9-6-12-4-3-7(9)5-8/h1-6,10,13H,11H2. The summed E-state index contributed by atoms with van der Waals surface area (Å²) in [5, 5.41) is 11.2. The van der Waals surface area contributed by atoms with Crippen molar-refractivity contribution in [2.75, 3.05) is 0 Å². The first-order valence-corrected chi connectivity index (χ1v) is 4.05. The number of nitrogens with two attached hydrogens (primary N) is 1. The maximum Gasteiger partial charge on any atom is 0.128 e. The predicted octanol–water partition coefficient (Wildman–Crippen LogP) is 1.18. The maximum absolute atomic E-state index is 9.15. The van der Waals surface area contributed by atoms with E-state index in [-0.39, 0.29) is 0 Å². The van der Waals surface area contributed by atoms with E-state index in [4.69, 9.17) is 10.8 Å². The van der Waals surface area contributed by atoms with E-state index >= 15 is 0 Å². The lowest BCUT2D eigenvalue weighted by atomic mass is 10.1. The second kappa shape index (κ2) is 3.12. The molecule has 1 atom stereocenters. The predicted molar refractivity (Wildman–Crippen MR) is 50.9 cm³/mol. The highest BCUT2D eigenvalue weighted by molar-refractivity contribution is 5.82. The van der Waals surface area contributed by atoms with Crippen molar-refractivity contribution in [1.82, 2.24) is 4.98 Å². The van der Waals surface area contributed by atoms with E-state index in [1.54, 1.807) is 18.5 Å². The molecule has 1 heterocycles. The number of benzene rings is 1. The zero-order valence-corrected chi connectivity index (χ0v) is 7.01. The summed E-state index contributed by atoms with van der Waals surface area (Å²) in [6.45, 7) is 0. The Morgan fingerprint density at radius 1 is 1.23 bits per heavy atom. The first kappa shape index (κ1) is 8.16. The van der Waals surface area contributed by atoms with Crippen LogP contribution in [0.4, 0.5) is 0 Å². The Labute approximate surface area is 75.8 Å². The Hall–Kier alpha value is -1.45. The minimum absolute atomic E-state index is 0.721. The van der Waals surface area contributed by atoms with Crippen molar-refractivity contribution in [2.24, 2.45) is 5.73 Å². The molecule has 2 rings (SSSR count). The van der Waals surface area contributed by atoms with Crippen LogP contribution in [0.5, 0.6) is 0 Å². The number of aliphatic hydroxyl groups excluding tert-OH is 1. The van der Waals surface area contributed by atoms with Crippen molar-refractivity contribution in [2.45, 2.75) is 6.23 Å². The van der Waals surface area contributed by atoms with Crippen LogP contribution in [-0.2, 0) is 0 Å². The minimum atomic E-state index is -0.905. The van der Waals surface area contributed by atoms with Crippen LogP contribution in [-0.4, -0.2) is 10.1 Å². The Morgan fingerprint density at radius 2 is 2.08 bits per heavy atom. The second-order valence-corrected chi connectivity index (χ2v) is 2.93. The van der Waals surface area contributed by atoms with Gasteiger partial charge < -0.3 is 10.8 Å². The van der Waals surface area contributed by atoms with E-state index in [0.717, 1.165) is 16.3 Å². The summed E-state index contributed by atoms with van der Waals surface area (Å²) >= 11 is 0. The zero-order chi connectivity index (χ0) is 9.26. The fourth-order valence-electron chi connectivity index (χ4n) is 1.29. The molecule has 3 N–H and O–H groups in total. The number of aliphatic hydroxyl groups is 1. The summed E-state index contributed by atoms with van der Waals surface area (Å²) in [7, 11) is 0. The lowest BCUT2D eigenvalue weighted by Gasteiger charge is -2.05. The van der Waals surface area contributed by atoms with E-state index in [2.05, 4.69) is 4.98 Å². The lowest BCUT2D eigenvalue weighted by molar-refractivity contribution is 0.186. The van der Waals surface area contributed by atoms with Gasteiger partial charge >= 0.3 is 0 Å². The van der Waals surface area contributed by atoms with Gasteiger partial charge in [0.2, 0.25) is 0 Å². The molecule has 1 aromatic carbocycles. The van der Waals surface area contributed by atoms with Gasteiger partial charge in [0.25, 0.3) is 0 Å². The van der Waals surface area contributed by atoms with E-state index in [0.29, 0.717) is 0 Å². The summed E-state index contributed by atoms with van der Waals surface area (Å²) < 4.78 is 0. The number of aromatic nitrogens is 1. The normalized spacial score (nSPS) is 13.1. The maximum atomic E-state index is 9.15. The Morgan fingerprint density at radius 3 is 2.85 bits per heavy atom. The van der Waals surface area contributed by atoms with E-state index in [9.17, 15) is 0 Å². The largest absolute Gasteiger partial charge is 0.375 e. The number of fused-ring (bicyclic) bond motifs is 1. The quantitative estimate of drug-likeness (QED) is 0.638. The molecule has 2 aromatic rings. The molecular formula is C10H10N2O. The Kier molecular flexibility index (Phi) is 1.96. The highest BCUT2D eigenvalue weighted by Crippen LogP contribution is 2.16. The van der Waals surface area contributed by atoms with Crippen LogP contribution in [0.2, 0.25) is 0 Å². The molecule has 0 aliphatic carbocycles. The van der Waals surface area contributed by atoms with Crippen LogP contribution in [0.1, 0.15) is 11.8 Å². The van der Waals surface area contributed by atoms with Crippen molar-refractivity contribution in [3.63, 3.8) is 0 Å². The summed E-state index contributed by atoms with van der Waals surface area (Å²) in [4.78, 5) is 3.99. The molecule has 1 unspecified atom stereocenters. The molecule has 3 nitrogen and oxygen atoms in total. The van der Waals surface area contributed by atoms with Gasteiger partial charge in [-0.05, 0) is 23.1 Å². The van der Waals surface area contributed by atoms with Crippen LogP contribution < -0.4 is 5.73 Å². The van der Waals surface area contributed by atoms with Crippen LogP contribution in [0, 0.1) is 0 Å². The minimum Gasteiger partial charge on any atom is -0.375 e. The van der Waals surface area contributed by atoms with Crippen molar-refractivity contribution in [3.8, 4) is 0 Å². The van der Waals surface area contributed by atoms with E-state index < -0.39 is 6.23 Å². The monoisotopic (exact) mass is 174 g/mol. The van der Waals surface area contributed by atoms with Gasteiger partial charge in [-0.25, -0.2) is 0 Å². The smallest absolute Gasteiger partial charge is 0.128 e. The van der Waals surface area contributed by atoms with Crippen molar-refractivity contribution in [1.29, 1.82) is 0 Å². The van der Waals surface area contributed by atoms with Crippen LogP contribution in [0.15, 0.2) is 36.7 Å². The van der Waals surface area contributed by atoms with Crippen LogP contribution in [0.3, 0.4) is 0 Å². The van der Waals surface area contributed by atoms with Gasteiger partial charge in [0.15, 0.2) is 0 Å². The van der Waals surface area contributed by atoms with Gasteiger partial charge in [0.05, 0.1) is 0 Å². The molecule has 0 spiro atoms. The first-order chi connectivity index (χ1) is 6.27. The molecule has 0 saturated heterocycles. The van der Waals surface area contributed by atoms with Gasteiger partial charge in [-0.3, -0.25) is 4.98 Å². The van der Waals surface area contributed by atoms with Crippen molar-refractivity contribution >= 4 is 10.8 Å². The lowest BCUT2D eigenvalue weighted by Crippen LogP contribution is -2.07. The van der Waals surface area contributed by atoms with Crippen molar-refractivity contribution in [3.05, 3.63) is 42.2 Å². The Bertz CT molecular complexity index is 426. The third-order valence-electron chi connectivity index (χ3n) is 2.01. The zero-order valence-electron chi connectivity index (χ0n) is 7.01. The number of rotatable bonds is 1. The van der Waals surface area contributed by atoms with Crippen molar-refractivity contribution < 1.29 is 5.11 Å². The van der Waals surface area contributed by atoms with Gasteiger partial charge in [0.1, 0.15) is 6.23 Å². The average molecular weight is 174 g/mol. The molecule has 0 aliphatic heterocycles. The van der Waals surface area contributed by atoms with Crippen LogP contribution >= 0.6 is 0 Å². The molecule has 0 amide bonds. The second-order valence-electron chi connectivity index (χ2n) is 2.93. The van der Waals surface area contributed by atoms with Gasteiger partial charge in [-0.2, -0.15) is 0 Å². The van der Waals surface area contributed by atoms with E-state index in [1.165, 1.54) is 0 Å². The molecule has 0 fully saturated rings. The SMILES string of the molecule is NC(O)c1ccc2cnccc2c1. The molecule has 0 aliphatic rings. The number of nitrogens with zero attached hydrogens (tertiary/aromatic N) is 1. The molecule has 3 heteroatoms. The average Bonchev–Trinajstić information content (AvgIpc) is 2.17. The first-order valence-electron chi connectivity index (χ1n) is 4.05. The molecule has 0 saturated carbocycles. The fourth-order valence-corrected chi connectivity index (χ4v) is 1.29. The fraction of sp³-hybridized carbons (Fsp3) is 0.100. The molecular weight excluding hydrogens is 164 g/mol. The highest BCUT2D eigenvalue weighted by atomic mass is 16.3.